The molecule has 1 aromatic rings. The highest BCUT2D eigenvalue weighted by atomic mass is 15.0. The highest BCUT2D eigenvalue weighted by Crippen LogP contribution is 2.47. The van der Waals surface area contributed by atoms with E-state index in [4.69, 9.17) is 0 Å². The summed E-state index contributed by atoms with van der Waals surface area (Å²) in [4.78, 5) is 0. The lowest BCUT2D eigenvalue weighted by molar-refractivity contribution is 0.405. The molecule has 18 heavy (non-hydrogen) atoms. The molecular weight excluding hydrogens is 220 g/mol. The van der Waals surface area contributed by atoms with Gasteiger partial charge in [-0.3, -0.25) is 0 Å². The molecule has 1 saturated carbocycles. The first-order valence-electron chi connectivity index (χ1n) is 7.35. The Bertz CT molecular complexity index is 409. The van der Waals surface area contributed by atoms with Gasteiger partial charge in [-0.25, -0.2) is 0 Å². The summed E-state index contributed by atoms with van der Waals surface area (Å²) in [7, 11) is 0. The van der Waals surface area contributed by atoms with Gasteiger partial charge in [-0.15, -0.1) is 0 Å². The van der Waals surface area contributed by atoms with Crippen LogP contribution >= 0.6 is 0 Å². The second-order valence-electron chi connectivity index (χ2n) is 5.94. The van der Waals surface area contributed by atoms with E-state index < -0.39 is 0 Å². The van der Waals surface area contributed by atoms with Crippen molar-refractivity contribution < 1.29 is 0 Å². The molecule has 0 saturated heterocycles. The summed E-state index contributed by atoms with van der Waals surface area (Å²) in [6.07, 6.45) is 5.34. The van der Waals surface area contributed by atoms with Gasteiger partial charge >= 0.3 is 0 Å². The molecule has 2 heteroatoms. The molecule has 0 amide bonds. The number of fused-ring (bicyclic) bond motifs is 1. The van der Waals surface area contributed by atoms with Crippen LogP contribution in [0, 0.1) is 5.41 Å². The Balaban J connectivity index is 1.57. The summed E-state index contributed by atoms with van der Waals surface area (Å²) in [5.74, 6) is 0. The number of nitrogens with one attached hydrogen (secondary N) is 2. The molecule has 2 nitrogen and oxygen atoms in total. The van der Waals surface area contributed by atoms with Crippen molar-refractivity contribution in [2.75, 3.05) is 19.6 Å². The molecule has 0 bridgehead atoms. The lowest BCUT2D eigenvalue weighted by atomic mass is 9.94. The van der Waals surface area contributed by atoms with E-state index in [-0.39, 0.29) is 0 Å². The summed E-state index contributed by atoms with van der Waals surface area (Å²) in [5.41, 5.74) is 3.67. The molecule has 1 aliphatic heterocycles. The molecule has 1 atom stereocenters. The van der Waals surface area contributed by atoms with Gasteiger partial charge in [-0.2, -0.15) is 0 Å². The van der Waals surface area contributed by atoms with E-state index in [9.17, 15) is 0 Å². The number of hydrogen-bond donors (Lipinski definition) is 2. The summed E-state index contributed by atoms with van der Waals surface area (Å²) >= 11 is 0. The lowest BCUT2D eigenvalue weighted by Crippen LogP contribution is -2.38. The minimum Gasteiger partial charge on any atom is -0.314 e. The molecule has 1 aliphatic carbocycles. The number of rotatable bonds is 5. The molecule has 2 N–H and O–H groups in total. The van der Waals surface area contributed by atoms with Gasteiger partial charge in [0.05, 0.1) is 0 Å². The standard InChI is InChI=1S/C16H24N2/c1-2-16(8-9-16)12-17-11-15-14-6-4-3-5-13(14)7-10-18-15/h3-6,15,17-18H,2,7-12H2,1H3. The van der Waals surface area contributed by atoms with Crippen molar-refractivity contribution in [3.05, 3.63) is 35.4 Å². The smallest absolute Gasteiger partial charge is 0.0449 e. The Labute approximate surface area is 110 Å². The Morgan fingerprint density at radius 2 is 2.17 bits per heavy atom. The van der Waals surface area contributed by atoms with Gasteiger partial charge in [0.25, 0.3) is 0 Å². The molecule has 1 heterocycles. The molecule has 98 valence electrons. The first-order chi connectivity index (χ1) is 8.83. The normalized spacial score (nSPS) is 24.6. The maximum absolute atomic E-state index is 3.69. The van der Waals surface area contributed by atoms with Crippen LogP contribution < -0.4 is 10.6 Å². The number of benzene rings is 1. The molecule has 1 fully saturated rings. The molecule has 2 aliphatic rings. The second-order valence-corrected chi connectivity index (χ2v) is 5.94. The van der Waals surface area contributed by atoms with E-state index in [1.165, 1.54) is 43.4 Å². The van der Waals surface area contributed by atoms with Crippen LogP contribution in [0.4, 0.5) is 0 Å². The zero-order chi connectivity index (χ0) is 12.4. The third-order valence-corrected chi connectivity index (χ3v) is 4.77. The van der Waals surface area contributed by atoms with Gasteiger partial charge < -0.3 is 10.6 Å². The Morgan fingerprint density at radius 1 is 1.33 bits per heavy atom. The average Bonchev–Trinajstić information content (AvgIpc) is 3.20. The monoisotopic (exact) mass is 244 g/mol. The van der Waals surface area contributed by atoms with Crippen molar-refractivity contribution in [2.45, 2.75) is 38.6 Å². The van der Waals surface area contributed by atoms with Crippen molar-refractivity contribution in [3.8, 4) is 0 Å². The maximum atomic E-state index is 3.69. The fourth-order valence-corrected chi connectivity index (χ4v) is 3.09. The van der Waals surface area contributed by atoms with Crippen LogP contribution in [-0.2, 0) is 6.42 Å². The quantitative estimate of drug-likeness (QED) is 0.832. The van der Waals surface area contributed by atoms with Crippen LogP contribution in [0.25, 0.3) is 0 Å². The summed E-state index contributed by atoms with van der Waals surface area (Å²) < 4.78 is 0. The summed E-state index contributed by atoms with van der Waals surface area (Å²) in [6, 6.07) is 9.37. The van der Waals surface area contributed by atoms with Crippen LogP contribution in [0.15, 0.2) is 24.3 Å². The molecule has 0 radical (unpaired) electrons. The van der Waals surface area contributed by atoms with Gasteiger partial charge in [-0.05, 0) is 48.8 Å². The van der Waals surface area contributed by atoms with E-state index in [0.717, 1.165) is 13.1 Å². The fourth-order valence-electron chi connectivity index (χ4n) is 3.09. The third kappa shape index (κ3) is 2.45. The zero-order valence-corrected chi connectivity index (χ0v) is 11.3. The van der Waals surface area contributed by atoms with Gasteiger partial charge in [0.15, 0.2) is 0 Å². The first kappa shape index (κ1) is 12.2. The van der Waals surface area contributed by atoms with Crippen molar-refractivity contribution in [3.63, 3.8) is 0 Å². The Morgan fingerprint density at radius 3 is 2.94 bits per heavy atom. The van der Waals surface area contributed by atoms with Crippen molar-refractivity contribution in [2.24, 2.45) is 5.41 Å². The molecule has 1 unspecified atom stereocenters. The molecule has 0 aromatic heterocycles. The minimum absolute atomic E-state index is 0.502. The second kappa shape index (κ2) is 5.02. The summed E-state index contributed by atoms with van der Waals surface area (Å²) in [5, 5.41) is 7.32. The van der Waals surface area contributed by atoms with Crippen molar-refractivity contribution in [1.82, 2.24) is 10.6 Å². The predicted octanol–water partition coefficient (Wildman–Crippen LogP) is 2.65. The zero-order valence-electron chi connectivity index (χ0n) is 11.3. The predicted molar refractivity (Wildman–Crippen MR) is 75.7 cm³/mol. The van der Waals surface area contributed by atoms with Crippen molar-refractivity contribution in [1.29, 1.82) is 0 Å². The SMILES string of the molecule is CCC1(CNCC2NCCc3ccccc32)CC1. The largest absolute Gasteiger partial charge is 0.314 e. The molecular formula is C16H24N2. The van der Waals surface area contributed by atoms with E-state index >= 15 is 0 Å². The summed E-state index contributed by atoms with van der Waals surface area (Å²) in [6.45, 7) is 5.70. The van der Waals surface area contributed by atoms with Crippen molar-refractivity contribution >= 4 is 0 Å². The Kier molecular flexibility index (Phi) is 3.40. The van der Waals surface area contributed by atoms with Crippen LogP contribution in [0.2, 0.25) is 0 Å². The molecule has 1 aromatic carbocycles. The van der Waals surface area contributed by atoms with Crippen LogP contribution in [-0.4, -0.2) is 19.6 Å². The third-order valence-electron chi connectivity index (χ3n) is 4.77. The van der Waals surface area contributed by atoms with Gasteiger partial charge in [0.2, 0.25) is 0 Å². The van der Waals surface area contributed by atoms with E-state index in [1.807, 2.05) is 0 Å². The topological polar surface area (TPSA) is 24.1 Å². The first-order valence-corrected chi connectivity index (χ1v) is 7.35. The van der Waals surface area contributed by atoms with Crippen LogP contribution in [0.3, 0.4) is 0 Å². The fraction of sp³-hybridized carbons (Fsp3) is 0.625. The van der Waals surface area contributed by atoms with E-state index in [1.54, 1.807) is 0 Å². The van der Waals surface area contributed by atoms with Crippen LogP contribution in [0.5, 0.6) is 0 Å². The minimum atomic E-state index is 0.502. The maximum Gasteiger partial charge on any atom is 0.0449 e. The number of hydrogen-bond acceptors (Lipinski definition) is 2. The van der Waals surface area contributed by atoms with E-state index in [0.29, 0.717) is 11.5 Å². The average molecular weight is 244 g/mol. The van der Waals surface area contributed by atoms with Gasteiger partial charge in [-0.1, -0.05) is 31.2 Å². The van der Waals surface area contributed by atoms with E-state index in [2.05, 4.69) is 41.8 Å². The lowest BCUT2D eigenvalue weighted by Gasteiger charge is -2.28. The van der Waals surface area contributed by atoms with Crippen LogP contribution in [0.1, 0.15) is 43.4 Å². The Hall–Kier alpha value is -0.860. The highest BCUT2D eigenvalue weighted by Gasteiger charge is 2.40. The molecule has 3 rings (SSSR count). The molecule has 0 spiro atoms. The van der Waals surface area contributed by atoms with Gasteiger partial charge in [0, 0.05) is 19.1 Å². The van der Waals surface area contributed by atoms with Gasteiger partial charge in [0.1, 0.15) is 0 Å². The highest BCUT2D eigenvalue weighted by molar-refractivity contribution is 5.32.